The summed E-state index contributed by atoms with van der Waals surface area (Å²) in [7, 11) is 1.60. The van der Waals surface area contributed by atoms with E-state index in [9.17, 15) is 9.59 Å². The summed E-state index contributed by atoms with van der Waals surface area (Å²) in [6.45, 7) is 7.66. The van der Waals surface area contributed by atoms with Gasteiger partial charge in [0, 0.05) is 49.1 Å². The largest absolute Gasteiger partial charge is 0.385 e. The Bertz CT molecular complexity index is 737. The molecule has 2 N–H and O–H groups in total. The highest BCUT2D eigenvalue weighted by atomic mass is 16.5. The fourth-order valence-corrected chi connectivity index (χ4v) is 2.67. The van der Waals surface area contributed by atoms with Crippen LogP contribution < -0.4 is 10.6 Å². The number of fused-ring (bicyclic) bond motifs is 1. The number of amides is 2. The molecule has 0 aliphatic rings. The number of rotatable bonds is 7. The molecule has 0 bridgehead atoms. The number of carbonyl (C=O) groups excluding carboxylic acids is 2. The van der Waals surface area contributed by atoms with Gasteiger partial charge in [-0.1, -0.05) is 13.8 Å². The van der Waals surface area contributed by atoms with Gasteiger partial charge in [0.05, 0.1) is 0 Å². The average molecular weight is 345 g/mol. The number of aromatic nitrogens is 1. The molecule has 1 aromatic heterocycles. The number of nitrogens with zero attached hydrogens (tertiary/aromatic N) is 1. The number of hydrogen-bond acceptors (Lipinski definition) is 3. The molecule has 0 saturated heterocycles. The maximum atomic E-state index is 12.0. The normalized spacial score (nSPS) is 12.4. The average Bonchev–Trinajstić information content (AvgIpc) is 2.94. The minimum atomic E-state index is -0.662. The number of benzene rings is 1. The van der Waals surface area contributed by atoms with Crippen molar-refractivity contribution in [2.75, 3.05) is 19.0 Å². The van der Waals surface area contributed by atoms with Crippen LogP contribution in [0.3, 0.4) is 0 Å². The smallest absolute Gasteiger partial charge is 0.313 e. The summed E-state index contributed by atoms with van der Waals surface area (Å²) in [5.74, 6) is -0.745. The molecular weight excluding hydrogens is 318 g/mol. The Morgan fingerprint density at radius 2 is 1.92 bits per heavy atom. The third-order valence-corrected chi connectivity index (χ3v) is 3.93. The van der Waals surface area contributed by atoms with Crippen LogP contribution in [-0.4, -0.2) is 36.1 Å². The predicted octanol–water partition coefficient (Wildman–Crippen LogP) is 2.78. The van der Waals surface area contributed by atoms with Crippen LogP contribution in [0.5, 0.6) is 0 Å². The molecule has 2 rings (SSSR count). The quantitative estimate of drug-likeness (QED) is 0.758. The van der Waals surface area contributed by atoms with Crippen molar-refractivity contribution < 1.29 is 14.3 Å². The third-order valence-electron chi connectivity index (χ3n) is 3.93. The van der Waals surface area contributed by atoms with E-state index in [-0.39, 0.29) is 6.04 Å². The fraction of sp³-hybridized carbons (Fsp3) is 0.474. The second-order valence-electron chi connectivity index (χ2n) is 6.75. The van der Waals surface area contributed by atoms with E-state index in [0.29, 0.717) is 24.6 Å². The summed E-state index contributed by atoms with van der Waals surface area (Å²) >= 11 is 0. The maximum Gasteiger partial charge on any atom is 0.313 e. The SMILES string of the molecule is COCCC(C)NC(=O)C(=O)Nc1ccc2c(ccn2CC(C)C)c1. The molecule has 6 heteroatoms. The van der Waals surface area contributed by atoms with E-state index in [4.69, 9.17) is 4.74 Å². The first kappa shape index (κ1) is 19.0. The lowest BCUT2D eigenvalue weighted by atomic mass is 10.2. The summed E-state index contributed by atoms with van der Waals surface area (Å²) in [6.07, 6.45) is 2.70. The van der Waals surface area contributed by atoms with Crippen LogP contribution in [-0.2, 0) is 20.9 Å². The molecule has 0 spiro atoms. The summed E-state index contributed by atoms with van der Waals surface area (Å²) in [4.78, 5) is 24.0. The third kappa shape index (κ3) is 5.32. The standard InChI is InChI=1S/C19H27N3O3/c1-13(2)12-22-9-7-15-11-16(5-6-17(15)22)21-19(24)18(23)20-14(3)8-10-25-4/h5-7,9,11,13-14H,8,10,12H2,1-4H3,(H,20,23)(H,21,24). The van der Waals surface area contributed by atoms with E-state index < -0.39 is 11.8 Å². The molecule has 1 unspecified atom stereocenters. The Balaban J connectivity index is 2.00. The van der Waals surface area contributed by atoms with Gasteiger partial charge in [0.15, 0.2) is 0 Å². The number of carbonyl (C=O) groups is 2. The molecule has 6 nitrogen and oxygen atoms in total. The van der Waals surface area contributed by atoms with Crippen molar-refractivity contribution in [3.05, 3.63) is 30.5 Å². The number of hydrogen-bond donors (Lipinski definition) is 2. The molecule has 1 atom stereocenters. The van der Waals surface area contributed by atoms with Gasteiger partial charge < -0.3 is 19.9 Å². The van der Waals surface area contributed by atoms with Crippen molar-refractivity contribution >= 4 is 28.4 Å². The first-order valence-electron chi connectivity index (χ1n) is 8.60. The van der Waals surface area contributed by atoms with Gasteiger partial charge in [-0.2, -0.15) is 0 Å². The van der Waals surface area contributed by atoms with E-state index in [2.05, 4.69) is 29.0 Å². The molecule has 0 fully saturated rings. The van der Waals surface area contributed by atoms with Gasteiger partial charge in [-0.05, 0) is 43.5 Å². The maximum absolute atomic E-state index is 12.0. The van der Waals surface area contributed by atoms with Crippen LogP contribution in [0.4, 0.5) is 5.69 Å². The van der Waals surface area contributed by atoms with Crippen LogP contribution in [0.25, 0.3) is 10.9 Å². The highest BCUT2D eigenvalue weighted by Crippen LogP contribution is 2.21. The van der Waals surface area contributed by atoms with E-state index in [1.54, 1.807) is 7.11 Å². The van der Waals surface area contributed by atoms with Crippen molar-refractivity contribution in [3.63, 3.8) is 0 Å². The summed E-state index contributed by atoms with van der Waals surface area (Å²) in [6, 6.07) is 7.56. The number of nitrogens with one attached hydrogen (secondary N) is 2. The van der Waals surface area contributed by atoms with Crippen LogP contribution >= 0.6 is 0 Å². The van der Waals surface area contributed by atoms with Crippen LogP contribution in [0, 0.1) is 5.92 Å². The highest BCUT2D eigenvalue weighted by molar-refractivity contribution is 6.39. The van der Waals surface area contributed by atoms with E-state index in [0.717, 1.165) is 17.4 Å². The second kappa shape index (κ2) is 8.67. The highest BCUT2D eigenvalue weighted by Gasteiger charge is 2.16. The zero-order valence-electron chi connectivity index (χ0n) is 15.3. The zero-order chi connectivity index (χ0) is 18.4. The molecule has 0 aliphatic heterocycles. The molecule has 1 heterocycles. The minimum absolute atomic E-state index is 0.120. The lowest BCUT2D eigenvalue weighted by Gasteiger charge is -2.13. The van der Waals surface area contributed by atoms with Crippen molar-refractivity contribution in [2.45, 2.75) is 39.8 Å². The van der Waals surface area contributed by atoms with Gasteiger partial charge in [-0.15, -0.1) is 0 Å². The molecule has 0 radical (unpaired) electrons. The Hall–Kier alpha value is -2.34. The lowest BCUT2D eigenvalue weighted by Crippen LogP contribution is -2.40. The van der Waals surface area contributed by atoms with Crippen LogP contribution in [0.15, 0.2) is 30.5 Å². The predicted molar refractivity (Wildman–Crippen MR) is 99.5 cm³/mol. The first-order chi connectivity index (χ1) is 11.9. The molecule has 0 aliphatic carbocycles. The molecule has 25 heavy (non-hydrogen) atoms. The van der Waals surface area contributed by atoms with E-state index in [1.165, 1.54) is 0 Å². The fourth-order valence-electron chi connectivity index (χ4n) is 2.67. The molecule has 0 saturated carbocycles. The Morgan fingerprint density at radius 1 is 1.16 bits per heavy atom. The molecule has 1 aromatic carbocycles. The molecule has 2 amide bonds. The molecular formula is C19H27N3O3. The molecule has 136 valence electrons. The van der Waals surface area contributed by atoms with Gasteiger partial charge in [-0.25, -0.2) is 0 Å². The topological polar surface area (TPSA) is 72.4 Å². The number of anilines is 1. The Morgan fingerprint density at radius 3 is 2.60 bits per heavy atom. The van der Waals surface area contributed by atoms with Gasteiger partial charge in [0.25, 0.3) is 0 Å². The van der Waals surface area contributed by atoms with Crippen molar-refractivity contribution in [1.29, 1.82) is 0 Å². The minimum Gasteiger partial charge on any atom is -0.385 e. The number of ether oxygens (including phenoxy) is 1. The Kier molecular flexibility index (Phi) is 6.58. The summed E-state index contributed by atoms with van der Waals surface area (Å²) < 4.78 is 7.15. The second-order valence-corrected chi connectivity index (χ2v) is 6.75. The number of methoxy groups -OCH3 is 1. The van der Waals surface area contributed by atoms with E-state index in [1.807, 2.05) is 37.4 Å². The summed E-state index contributed by atoms with van der Waals surface area (Å²) in [5, 5.41) is 6.35. The molecule has 2 aromatic rings. The van der Waals surface area contributed by atoms with Gasteiger partial charge >= 0.3 is 11.8 Å². The van der Waals surface area contributed by atoms with Crippen LogP contribution in [0.2, 0.25) is 0 Å². The van der Waals surface area contributed by atoms with E-state index >= 15 is 0 Å². The first-order valence-corrected chi connectivity index (χ1v) is 8.60. The Labute approximate surface area is 148 Å². The zero-order valence-corrected chi connectivity index (χ0v) is 15.3. The van der Waals surface area contributed by atoms with Crippen molar-refractivity contribution in [3.8, 4) is 0 Å². The monoisotopic (exact) mass is 345 g/mol. The summed E-state index contributed by atoms with van der Waals surface area (Å²) in [5.41, 5.74) is 1.73. The van der Waals surface area contributed by atoms with Crippen molar-refractivity contribution in [1.82, 2.24) is 9.88 Å². The van der Waals surface area contributed by atoms with Crippen LogP contribution in [0.1, 0.15) is 27.2 Å². The van der Waals surface area contributed by atoms with Gasteiger partial charge in [0.2, 0.25) is 0 Å². The van der Waals surface area contributed by atoms with Gasteiger partial charge in [0.1, 0.15) is 0 Å². The lowest BCUT2D eigenvalue weighted by molar-refractivity contribution is -0.136. The van der Waals surface area contributed by atoms with Gasteiger partial charge in [-0.3, -0.25) is 9.59 Å². The van der Waals surface area contributed by atoms with Crippen molar-refractivity contribution in [2.24, 2.45) is 5.92 Å².